The summed E-state index contributed by atoms with van der Waals surface area (Å²) in [5, 5.41) is 21.4. The number of benzene rings is 2. The molecule has 6 rings (SSSR count). The fourth-order valence-corrected chi connectivity index (χ4v) is 7.69. The third-order valence-electron chi connectivity index (χ3n) is 8.00. The fraction of sp³-hybridized carbons (Fsp3) is 0.286. The SMILES string of the molecule is CCCCOc1ccc(C2/C(=C(\O)c3nc4c(C)cccn4c3C)C(=O)C(=O)N2c2nnc(SCc3ccccc3Cl)s2)cc1OCC. The molecule has 1 unspecified atom stereocenters. The predicted octanol–water partition coefficient (Wildman–Crippen LogP) is 7.95. The van der Waals surface area contributed by atoms with Crippen molar-refractivity contribution in [2.45, 2.75) is 56.7 Å². The Morgan fingerprint density at radius 3 is 2.60 bits per heavy atom. The second kappa shape index (κ2) is 14.4. The molecule has 5 aromatic rings. The summed E-state index contributed by atoms with van der Waals surface area (Å²) in [6.07, 6.45) is 3.69. The highest BCUT2D eigenvalue weighted by Crippen LogP contribution is 2.46. The molecule has 0 aliphatic carbocycles. The van der Waals surface area contributed by atoms with Crippen LogP contribution in [0.3, 0.4) is 0 Å². The zero-order chi connectivity index (χ0) is 33.9. The van der Waals surface area contributed by atoms with E-state index in [0.717, 1.165) is 24.0 Å². The average molecular weight is 704 g/mol. The minimum absolute atomic E-state index is 0.105. The number of hydrogen-bond acceptors (Lipinski definition) is 10. The van der Waals surface area contributed by atoms with Crippen LogP contribution in [0, 0.1) is 13.8 Å². The van der Waals surface area contributed by atoms with Gasteiger partial charge in [-0.1, -0.05) is 78.4 Å². The maximum Gasteiger partial charge on any atom is 0.301 e. The number of ether oxygens (including phenoxy) is 2. The number of aliphatic hydroxyl groups excluding tert-OH is 1. The molecule has 13 heteroatoms. The molecule has 2 aromatic carbocycles. The second-order valence-electron chi connectivity index (χ2n) is 11.2. The first-order valence-corrected chi connectivity index (χ1v) is 17.8. The Kier molecular flexibility index (Phi) is 10.0. The highest BCUT2D eigenvalue weighted by molar-refractivity contribution is 8.00. The fourth-order valence-electron chi connectivity index (χ4n) is 5.54. The van der Waals surface area contributed by atoms with Gasteiger partial charge in [-0.05, 0) is 68.1 Å². The van der Waals surface area contributed by atoms with Crippen molar-refractivity contribution in [2.24, 2.45) is 0 Å². The lowest BCUT2D eigenvalue weighted by molar-refractivity contribution is -0.132. The Labute approximate surface area is 291 Å². The van der Waals surface area contributed by atoms with Crippen molar-refractivity contribution in [1.82, 2.24) is 19.6 Å². The number of rotatable bonds is 12. The van der Waals surface area contributed by atoms with Crippen molar-refractivity contribution in [1.29, 1.82) is 0 Å². The normalized spacial score (nSPS) is 15.9. The van der Waals surface area contributed by atoms with Gasteiger partial charge >= 0.3 is 5.91 Å². The third kappa shape index (κ3) is 6.39. The van der Waals surface area contributed by atoms with Crippen molar-refractivity contribution in [3.8, 4) is 11.5 Å². The molecule has 1 aliphatic rings. The number of aliphatic hydroxyl groups is 1. The van der Waals surface area contributed by atoms with E-state index in [-0.39, 0.29) is 22.2 Å². The Hall–Kier alpha value is -4.39. The number of aromatic nitrogens is 4. The number of thioether (sulfide) groups is 1. The number of nitrogens with zero attached hydrogens (tertiary/aromatic N) is 5. The molecule has 0 radical (unpaired) electrons. The third-order valence-corrected chi connectivity index (χ3v) is 10.5. The molecule has 1 saturated heterocycles. The first-order valence-electron chi connectivity index (χ1n) is 15.6. The lowest BCUT2D eigenvalue weighted by Crippen LogP contribution is -2.29. The summed E-state index contributed by atoms with van der Waals surface area (Å²) in [6.45, 7) is 8.56. The Balaban J connectivity index is 1.46. The van der Waals surface area contributed by atoms with E-state index in [1.54, 1.807) is 18.2 Å². The second-order valence-corrected chi connectivity index (χ2v) is 13.8. The molecule has 3 aromatic heterocycles. The summed E-state index contributed by atoms with van der Waals surface area (Å²) in [6, 6.07) is 15.6. The smallest absolute Gasteiger partial charge is 0.301 e. The van der Waals surface area contributed by atoms with Crippen LogP contribution in [0.25, 0.3) is 11.4 Å². The number of hydrogen-bond donors (Lipinski definition) is 1. The van der Waals surface area contributed by atoms with Crippen molar-refractivity contribution in [2.75, 3.05) is 18.1 Å². The zero-order valence-electron chi connectivity index (χ0n) is 26.9. The van der Waals surface area contributed by atoms with Gasteiger partial charge in [-0.25, -0.2) is 4.98 Å². The van der Waals surface area contributed by atoms with Crippen LogP contribution >= 0.6 is 34.7 Å². The van der Waals surface area contributed by atoms with Gasteiger partial charge < -0.3 is 19.0 Å². The van der Waals surface area contributed by atoms with Crippen LogP contribution < -0.4 is 14.4 Å². The van der Waals surface area contributed by atoms with E-state index in [4.69, 9.17) is 26.1 Å². The van der Waals surface area contributed by atoms with Crippen LogP contribution in [0.5, 0.6) is 11.5 Å². The molecule has 0 saturated carbocycles. The van der Waals surface area contributed by atoms with Gasteiger partial charge in [0.05, 0.1) is 30.5 Å². The first-order chi connectivity index (χ1) is 23.2. The van der Waals surface area contributed by atoms with Crippen molar-refractivity contribution < 1.29 is 24.2 Å². The molecule has 10 nitrogen and oxygen atoms in total. The minimum atomic E-state index is -1.05. The number of Topliss-reactive ketones (excluding diaryl/α,β-unsaturated/α-hetero) is 1. The van der Waals surface area contributed by atoms with Crippen LogP contribution in [0.15, 0.2) is 70.7 Å². The summed E-state index contributed by atoms with van der Waals surface area (Å²) >= 11 is 8.96. The first kappa shape index (κ1) is 33.5. The van der Waals surface area contributed by atoms with Gasteiger partial charge in [-0.15, -0.1) is 10.2 Å². The lowest BCUT2D eigenvalue weighted by Gasteiger charge is -2.23. The number of fused-ring (bicyclic) bond motifs is 1. The molecule has 1 amide bonds. The van der Waals surface area contributed by atoms with Gasteiger partial charge in [0.25, 0.3) is 5.78 Å². The van der Waals surface area contributed by atoms with E-state index in [0.29, 0.717) is 56.7 Å². The molecule has 1 N–H and O–H groups in total. The van der Waals surface area contributed by atoms with Crippen LogP contribution in [0.1, 0.15) is 60.8 Å². The largest absolute Gasteiger partial charge is 0.505 e. The number of halogens is 1. The molecular formula is C35H34ClN5O5S2. The summed E-state index contributed by atoms with van der Waals surface area (Å²) in [7, 11) is 0. The molecule has 0 bridgehead atoms. The quantitative estimate of drug-likeness (QED) is 0.0345. The number of carbonyl (C=O) groups is 2. The number of anilines is 1. The number of imidazole rings is 1. The van der Waals surface area contributed by atoms with E-state index in [2.05, 4.69) is 17.1 Å². The highest BCUT2D eigenvalue weighted by atomic mass is 35.5. The summed E-state index contributed by atoms with van der Waals surface area (Å²) in [4.78, 5) is 33.8. The van der Waals surface area contributed by atoms with Crippen LogP contribution in [0.4, 0.5) is 5.13 Å². The molecule has 4 heterocycles. The van der Waals surface area contributed by atoms with E-state index in [1.807, 2.05) is 67.8 Å². The van der Waals surface area contributed by atoms with Crippen molar-refractivity contribution >= 4 is 62.9 Å². The maximum atomic E-state index is 13.9. The Morgan fingerprint density at radius 2 is 1.85 bits per heavy atom. The monoisotopic (exact) mass is 703 g/mol. The van der Waals surface area contributed by atoms with Gasteiger partial charge in [-0.2, -0.15) is 0 Å². The molecule has 48 heavy (non-hydrogen) atoms. The summed E-state index contributed by atoms with van der Waals surface area (Å²) in [5.74, 6) is -0.510. The number of unbranched alkanes of at least 4 members (excludes halogenated alkanes) is 1. The van der Waals surface area contributed by atoms with Crippen molar-refractivity contribution in [3.63, 3.8) is 0 Å². The van der Waals surface area contributed by atoms with E-state index in [1.165, 1.54) is 28.0 Å². The minimum Gasteiger partial charge on any atom is -0.505 e. The molecule has 1 aliphatic heterocycles. The Bertz CT molecular complexity index is 2040. The maximum absolute atomic E-state index is 13.9. The van der Waals surface area contributed by atoms with Crippen molar-refractivity contribution in [3.05, 3.63) is 99.5 Å². The van der Waals surface area contributed by atoms with Gasteiger partial charge in [0.15, 0.2) is 21.6 Å². The summed E-state index contributed by atoms with van der Waals surface area (Å²) in [5.41, 5.74) is 3.73. The molecular weight excluding hydrogens is 670 g/mol. The lowest BCUT2D eigenvalue weighted by atomic mass is 9.96. The predicted molar refractivity (Wildman–Crippen MR) is 188 cm³/mol. The van der Waals surface area contributed by atoms with Crippen LogP contribution in [-0.4, -0.2) is 49.6 Å². The highest BCUT2D eigenvalue weighted by Gasteiger charge is 2.49. The molecule has 0 spiro atoms. The summed E-state index contributed by atoms with van der Waals surface area (Å²) < 4.78 is 14.4. The number of amides is 1. The van der Waals surface area contributed by atoms with E-state index in [9.17, 15) is 14.7 Å². The van der Waals surface area contributed by atoms with Gasteiger partial charge in [0, 0.05) is 17.0 Å². The molecule has 1 fully saturated rings. The van der Waals surface area contributed by atoms with Gasteiger partial charge in [-0.3, -0.25) is 14.5 Å². The number of aryl methyl sites for hydroxylation is 2. The standard InChI is InChI=1S/C35H34ClN5O5S2/c1-5-7-17-46-25-15-14-22(18-26(25)45-6-2)29-27(30(42)28-21(4)40-16-10-11-20(3)32(40)37-28)31(43)33(44)41(29)34-38-39-35(48-34)47-19-23-12-8-9-13-24(23)36/h8-16,18,29,42H,5-7,17,19H2,1-4H3/b30-27+. The number of ketones is 1. The molecule has 1 atom stereocenters. The van der Waals surface area contributed by atoms with Gasteiger partial charge in [0.2, 0.25) is 5.13 Å². The number of carbonyl (C=O) groups excluding carboxylic acids is 2. The van der Waals surface area contributed by atoms with E-state index >= 15 is 0 Å². The van der Waals surface area contributed by atoms with Crippen LogP contribution in [-0.2, 0) is 15.3 Å². The average Bonchev–Trinajstić information content (AvgIpc) is 3.76. The Morgan fingerprint density at radius 1 is 1.04 bits per heavy atom. The zero-order valence-corrected chi connectivity index (χ0v) is 29.3. The number of pyridine rings is 1. The topological polar surface area (TPSA) is 119 Å². The van der Waals surface area contributed by atoms with E-state index < -0.39 is 17.7 Å². The molecule has 248 valence electrons. The van der Waals surface area contributed by atoms with Crippen LogP contribution in [0.2, 0.25) is 5.02 Å². The van der Waals surface area contributed by atoms with Gasteiger partial charge in [0.1, 0.15) is 11.3 Å².